The smallest absolute Gasteiger partial charge is 0.343 e. The topological polar surface area (TPSA) is 85.4 Å². The summed E-state index contributed by atoms with van der Waals surface area (Å²) in [5.74, 6) is -1.55. The van der Waals surface area contributed by atoms with E-state index in [1.54, 1.807) is 59.7 Å². The Morgan fingerprint density at radius 1 is 0.825 bits per heavy atom. The molecule has 0 radical (unpaired) electrons. The highest BCUT2D eigenvalue weighted by Gasteiger charge is 2.60. The van der Waals surface area contributed by atoms with Crippen molar-refractivity contribution >= 4 is 51.7 Å². The summed E-state index contributed by atoms with van der Waals surface area (Å²) in [6.45, 7) is 0. The van der Waals surface area contributed by atoms with Crippen LogP contribution in [0.15, 0.2) is 103 Å². The van der Waals surface area contributed by atoms with E-state index in [0.717, 1.165) is 3.57 Å². The highest BCUT2D eigenvalue weighted by molar-refractivity contribution is 14.1. The molecule has 0 bridgehead atoms. The number of carbonyl (C=O) groups is 3. The van der Waals surface area contributed by atoms with Gasteiger partial charge in [0.05, 0.1) is 30.1 Å². The summed E-state index contributed by atoms with van der Waals surface area (Å²) in [6, 6.07) is 29.7. The summed E-state index contributed by atoms with van der Waals surface area (Å²) in [6.07, 6.45) is -1.00. The Bertz CT molecular complexity index is 1600. The number of ether oxygens (including phenoxy) is 2. The Hall–Kier alpha value is -4.22. The molecule has 0 aromatic heterocycles. The SMILES string of the molecule is COc1cc([C@@H]2[C@@H]3C(=O)N(c4ccccc4I)C(=O)[C@H]3ON2c2ccccc2)ccc1OC(=O)c1ccccc1. The Labute approximate surface area is 244 Å². The van der Waals surface area contributed by atoms with Crippen molar-refractivity contribution in [2.75, 3.05) is 17.1 Å². The lowest BCUT2D eigenvalue weighted by Crippen LogP contribution is -2.37. The zero-order valence-electron chi connectivity index (χ0n) is 21.3. The highest BCUT2D eigenvalue weighted by atomic mass is 127. The maximum absolute atomic E-state index is 13.9. The number of methoxy groups -OCH3 is 1. The van der Waals surface area contributed by atoms with Crippen molar-refractivity contribution in [3.8, 4) is 11.5 Å². The molecular weight excluding hydrogens is 623 g/mol. The Kier molecular flexibility index (Phi) is 6.99. The number of halogens is 1. The van der Waals surface area contributed by atoms with E-state index in [9.17, 15) is 14.4 Å². The lowest BCUT2D eigenvalue weighted by molar-refractivity contribution is -0.126. The summed E-state index contributed by atoms with van der Waals surface area (Å²) in [5, 5.41) is 1.61. The molecule has 0 N–H and O–H groups in total. The summed E-state index contributed by atoms with van der Waals surface area (Å²) in [7, 11) is 1.48. The number of fused-ring (bicyclic) bond motifs is 1. The van der Waals surface area contributed by atoms with Gasteiger partial charge in [0.25, 0.3) is 5.91 Å². The third-order valence-corrected chi connectivity index (χ3v) is 7.87. The number of hydrogen-bond donors (Lipinski definition) is 0. The van der Waals surface area contributed by atoms with E-state index in [2.05, 4.69) is 22.6 Å². The minimum absolute atomic E-state index is 0.233. The monoisotopic (exact) mass is 646 g/mol. The Morgan fingerprint density at radius 2 is 1.50 bits per heavy atom. The number of imide groups is 1. The number of anilines is 2. The van der Waals surface area contributed by atoms with Gasteiger partial charge in [-0.25, -0.2) is 14.8 Å². The van der Waals surface area contributed by atoms with Gasteiger partial charge in [0.1, 0.15) is 5.92 Å². The number of nitrogens with zero attached hydrogens (tertiary/aromatic N) is 2. The molecule has 200 valence electrons. The first kappa shape index (κ1) is 26.0. The maximum atomic E-state index is 13.9. The fourth-order valence-corrected chi connectivity index (χ4v) is 5.74. The maximum Gasteiger partial charge on any atom is 0.343 e. The molecule has 0 spiro atoms. The molecule has 2 heterocycles. The second kappa shape index (κ2) is 10.7. The van der Waals surface area contributed by atoms with Crippen LogP contribution < -0.4 is 19.4 Å². The van der Waals surface area contributed by atoms with Crippen LogP contribution in [0.1, 0.15) is 22.0 Å². The molecule has 2 amide bonds. The van der Waals surface area contributed by atoms with Crippen molar-refractivity contribution in [1.82, 2.24) is 0 Å². The van der Waals surface area contributed by atoms with Gasteiger partial charge in [-0.15, -0.1) is 0 Å². The third-order valence-electron chi connectivity index (χ3n) is 6.96. The van der Waals surface area contributed by atoms with Crippen LogP contribution in [0.2, 0.25) is 0 Å². The van der Waals surface area contributed by atoms with Gasteiger partial charge in [-0.1, -0.05) is 54.6 Å². The van der Waals surface area contributed by atoms with E-state index in [0.29, 0.717) is 28.3 Å². The number of carbonyl (C=O) groups excluding carboxylic acids is 3. The summed E-state index contributed by atoms with van der Waals surface area (Å²) in [5.41, 5.74) is 2.30. The van der Waals surface area contributed by atoms with Crippen molar-refractivity contribution in [2.45, 2.75) is 12.1 Å². The minimum atomic E-state index is -1.00. The lowest BCUT2D eigenvalue weighted by Gasteiger charge is -2.29. The zero-order chi connectivity index (χ0) is 27.8. The minimum Gasteiger partial charge on any atom is -0.493 e. The summed E-state index contributed by atoms with van der Waals surface area (Å²) < 4.78 is 12.0. The number of benzene rings is 4. The first-order chi connectivity index (χ1) is 19.5. The average molecular weight is 646 g/mol. The second-order valence-electron chi connectivity index (χ2n) is 9.29. The van der Waals surface area contributed by atoms with Gasteiger partial charge < -0.3 is 9.47 Å². The van der Waals surface area contributed by atoms with E-state index in [1.165, 1.54) is 12.0 Å². The zero-order valence-corrected chi connectivity index (χ0v) is 23.4. The molecular formula is C31H23IN2O6. The van der Waals surface area contributed by atoms with Gasteiger partial charge >= 0.3 is 5.97 Å². The van der Waals surface area contributed by atoms with Gasteiger partial charge in [0.2, 0.25) is 5.91 Å². The van der Waals surface area contributed by atoms with Gasteiger partial charge in [-0.05, 0) is 76.7 Å². The van der Waals surface area contributed by atoms with Crippen LogP contribution in [-0.4, -0.2) is 31.0 Å². The molecule has 2 aliphatic rings. The van der Waals surface area contributed by atoms with Crippen LogP contribution in [0.5, 0.6) is 11.5 Å². The number of hydrogen-bond acceptors (Lipinski definition) is 7. The molecule has 2 saturated heterocycles. The predicted octanol–water partition coefficient (Wildman–Crippen LogP) is 5.57. The van der Waals surface area contributed by atoms with E-state index >= 15 is 0 Å². The molecule has 0 aliphatic carbocycles. The van der Waals surface area contributed by atoms with Crippen molar-refractivity contribution in [2.24, 2.45) is 5.92 Å². The Balaban J connectivity index is 1.39. The number of hydroxylamine groups is 1. The summed E-state index contributed by atoms with van der Waals surface area (Å²) in [4.78, 5) is 47.7. The van der Waals surface area contributed by atoms with Crippen molar-refractivity contribution in [3.05, 3.63) is 118 Å². The van der Waals surface area contributed by atoms with Crippen LogP contribution in [0.25, 0.3) is 0 Å². The summed E-state index contributed by atoms with van der Waals surface area (Å²) >= 11 is 2.12. The van der Waals surface area contributed by atoms with Gasteiger partial charge in [0.15, 0.2) is 17.6 Å². The third kappa shape index (κ3) is 4.50. The van der Waals surface area contributed by atoms with Gasteiger partial charge in [-0.3, -0.25) is 14.4 Å². The van der Waals surface area contributed by atoms with Crippen molar-refractivity contribution in [3.63, 3.8) is 0 Å². The van der Waals surface area contributed by atoms with Crippen molar-refractivity contribution < 1.29 is 28.7 Å². The molecule has 4 aromatic carbocycles. The fraction of sp³-hybridized carbons (Fsp3) is 0.129. The predicted molar refractivity (Wildman–Crippen MR) is 156 cm³/mol. The number of amides is 2. The molecule has 0 saturated carbocycles. The largest absolute Gasteiger partial charge is 0.493 e. The molecule has 8 nitrogen and oxygen atoms in total. The van der Waals surface area contributed by atoms with Crippen LogP contribution in [0, 0.1) is 9.49 Å². The number of para-hydroxylation sites is 2. The molecule has 3 atom stereocenters. The van der Waals surface area contributed by atoms with Gasteiger partial charge in [-0.2, -0.15) is 0 Å². The lowest BCUT2D eigenvalue weighted by atomic mass is 9.90. The molecule has 6 rings (SSSR count). The van der Waals surface area contributed by atoms with Crippen LogP contribution >= 0.6 is 22.6 Å². The first-order valence-electron chi connectivity index (χ1n) is 12.6. The standard InChI is InChI=1S/C31H23IN2O6/c1-38-25-18-20(16-17-24(25)39-31(37)19-10-4-2-5-11-19)27-26-28(40-34(27)21-12-6-3-7-13-21)30(36)33(29(26)35)23-15-9-8-14-22(23)32/h2-18,26-28H,1H3/t26-,27+,28-/m0/s1. The molecule has 0 unspecified atom stereocenters. The molecule has 40 heavy (non-hydrogen) atoms. The van der Waals surface area contributed by atoms with Crippen LogP contribution in [0.4, 0.5) is 11.4 Å². The Morgan fingerprint density at radius 3 is 2.20 bits per heavy atom. The van der Waals surface area contributed by atoms with Crippen LogP contribution in [-0.2, 0) is 14.4 Å². The molecule has 2 fully saturated rings. The number of esters is 1. The van der Waals surface area contributed by atoms with Crippen molar-refractivity contribution in [1.29, 1.82) is 0 Å². The fourth-order valence-electron chi connectivity index (χ4n) is 5.11. The van der Waals surface area contributed by atoms with E-state index in [-0.39, 0.29) is 11.7 Å². The van der Waals surface area contributed by atoms with E-state index < -0.39 is 29.9 Å². The highest BCUT2D eigenvalue weighted by Crippen LogP contribution is 2.49. The van der Waals surface area contributed by atoms with Crippen LogP contribution in [0.3, 0.4) is 0 Å². The van der Waals surface area contributed by atoms with Gasteiger partial charge in [0, 0.05) is 3.57 Å². The number of rotatable bonds is 6. The molecule has 9 heteroatoms. The molecule has 4 aromatic rings. The van der Waals surface area contributed by atoms with E-state index in [4.69, 9.17) is 14.3 Å². The normalized spacial score (nSPS) is 20.0. The van der Waals surface area contributed by atoms with E-state index in [1.807, 2.05) is 48.5 Å². The second-order valence-corrected chi connectivity index (χ2v) is 10.4. The first-order valence-corrected chi connectivity index (χ1v) is 13.6. The average Bonchev–Trinajstić information content (AvgIpc) is 3.50. The quantitative estimate of drug-likeness (QED) is 0.117. The molecule has 2 aliphatic heterocycles.